The average Bonchev–Trinajstić information content (AvgIpc) is 2.99. The molecule has 0 amide bonds. The van der Waals surface area contributed by atoms with Crippen LogP contribution in [0.3, 0.4) is 0 Å². The van der Waals surface area contributed by atoms with Crippen LogP contribution in [0.15, 0.2) is 97.3 Å². The zero-order chi connectivity index (χ0) is 30.2. The van der Waals surface area contributed by atoms with E-state index in [1.54, 1.807) is 18.2 Å². The average molecular weight is 570 g/mol. The van der Waals surface area contributed by atoms with Crippen molar-refractivity contribution in [1.29, 1.82) is 5.26 Å². The van der Waals surface area contributed by atoms with Crippen LogP contribution in [0.1, 0.15) is 69.4 Å². The molecule has 218 valence electrons. The van der Waals surface area contributed by atoms with Gasteiger partial charge in [-0.2, -0.15) is 5.26 Å². The zero-order valence-electron chi connectivity index (χ0n) is 24.1. The summed E-state index contributed by atoms with van der Waals surface area (Å²) in [4.78, 5) is 12.1. The number of rotatable bonds is 16. The van der Waals surface area contributed by atoms with E-state index in [2.05, 4.69) is 12.6 Å². The number of nitriles is 1. The molecule has 0 atom stereocenters. The molecule has 0 aromatic heterocycles. The summed E-state index contributed by atoms with van der Waals surface area (Å²) in [5.41, 5.74) is 3.57. The second kappa shape index (κ2) is 17.3. The smallest absolute Gasteiger partial charge is 0.311 e. The lowest BCUT2D eigenvalue weighted by Crippen LogP contribution is -2.07. The van der Waals surface area contributed by atoms with Gasteiger partial charge in [-0.15, -0.1) is 0 Å². The number of benzene rings is 3. The quantitative estimate of drug-likeness (QED) is 0.0566. The minimum atomic E-state index is -0.527. The maximum atomic E-state index is 14.5. The summed E-state index contributed by atoms with van der Waals surface area (Å²) in [6.45, 7) is 6.55. The molecule has 0 radical (unpaired) electrons. The molecule has 42 heavy (non-hydrogen) atoms. The summed E-state index contributed by atoms with van der Waals surface area (Å²) in [5, 5.41) is 8.95. The van der Waals surface area contributed by atoms with E-state index in [4.69, 9.17) is 14.7 Å². The number of carbonyl (C=O) groups excluding carboxylic acids is 1. The van der Waals surface area contributed by atoms with Crippen LogP contribution in [0, 0.1) is 23.0 Å². The predicted octanol–water partition coefficient (Wildman–Crippen LogP) is 9.72. The third kappa shape index (κ3) is 10.8. The first-order valence-electron chi connectivity index (χ1n) is 14.3. The summed E-state index contributed by atoms with van der Waals surface area (Å²) in [7, 11) is 0. The van der Waals surface area contributed by atoms with Crippen LogP contribution < -0.4 is 4.74 Å². The highest BCUT2D eigenvalue weighted by molar-refractivity contribution is 5.74. The SMILES string of the molecule is C=C(/C=C\C(=C/C)c1ccc(C#N)cc1)OCCCCCCCCCC(=O)Oc1ccc(-c2ccc(F)cc2)c(F)c1. The number of nitrogens with zero attached hydrogens (tertiary/aromatic N) is 1. The number of halogens is 2. The van der Waals surface area contributed by atoms with Crippen LogP contribution in [0.25, 0.3) is 16.7 Å². The van der Waals surface area contributed by atoms with Crippen molar-refractivity contribution >= 4 is 11.5 Å². The van der Waals surface area contributed by atoms with E-state index in [-0.39, 0.29) is 24.0 Å². The van der Waals surface area contributed by atoms with E-state index < -0.39 is 5.82 Å². The van der Waals surface area contributed by atoms with Crippen LogP contribution in [-0.2, 0) is 9.53 Å². The monoisotopic (exact) mass is 569 g/mol. The number of ether oxygens (including phenoxy) is 2. The van der Waals surface area contributed by atoms with Gasteiger partial charge >= 0.3 is 5.97 Å². The summed E-state index contributed by atoms with van der Waals surface area (Å²) >= 11 is 0. The Hall–Kier alpha value is -4.50. The largest absolute Gasteiger partial charge is 0.494 e. The van der Waals surface area contributed by atoms with Crippen molar-refractivity contribution in [3.8, 4) is 22.9 Å². The Morgan fingerprint density at radius 2 is 1.55 bits per heavy atom. The molecule has 0 unspecified atom stereocenters. The summed E-state index contributed by atoms with van der Waals surface area (Å²) < 4.78 is 38.6. The normalized spacial score (nSPS) is 11.3. The van der Waals surface area contributed by atoms with E-state index in [0.717, 1.165) is 56.1 Å². The Bertz CT molecular complexity index is 1420. The third-order valence-corrected chi connectivity index (χ3v) is 6.75. The molecule has 0 aliphatic rings. The highest BCUT2D eigenvalue weighted by Crippen LogP contribution is 2.27. The third-order valence-electron chi connectivity index (χ3n) is 6.75. The van der Waals surface area contributed by atoms with Gasteiger partial charge < -0.3 is 9.47 Å². The highest BCUT2D eigenvalue weighted by atomic mass is 19.1. The van der Waals surface area contributed by atoms with Crippen molar-refractivity contribution < 1.29 is 23.0 Å². The van der Waals surface area contributed by atoms with Crippen molar-refractivity contribution in [1.82, 2.24) is 0 Å². The Morgan fingerprint density at radius 1 is 0.881 bits per heavy atom. The van der Waals surface area contributed by atoms with E-state index in [1.807, 2.05) is 37.3 Å². The van der Waals surface area contributed by atoms with E-state index in [0.29, 0.717) is 29.1 Å². The minimum Gasteiger partial charge on any atom is -0.494 e. The van der Waals surface area contributed by atoms with Crippen molar-refractivity contribution in [3.05, 3.63) is 120 Å². The topological polar surface area (TPSA) is 59.3 Å². The lowest BCUT2D eigenvalue weighted by Gasteiger charge is -2.08. The number of allylic oxidation sites excluding steroid dienone is 4. The Kier molecular flexibility index (Phi) is 13.2. The fourth-order valence-electron chi connectivity index (χ4n) is 4.39. The Morgan fingerprint density at radius 3 is 2.19 bits per heavy atom. The molecule has 0 bridgehead atoms. The second-order valence-electron chi connectivity index (χ2n) is 9.93. The molecule has 4 nitrogen and oxygen atoms in total. The fourth-order valence-corrected chi connectivity index (χ4v) is 4.39. The highest BCUT2D eigenvalue weighted by Gasteiger charge is 2.10. The summed E-state index contributed by atoms with van der Waals surface area (Å²) in [5.74, 6) is -0.518. The van der Waals surface area contributed by atoms with Gasteiger partial charge in [0.1, 0.15) is 23.1 Å². The lowest BCUT2D eigenvalue weighted by atomic mass is 10.0. The molecule has 0 spiro atoms. The maximum Gasteiger partial charge on any atom is 0.311 e. The second-order valence-corrected chi connectivity index (χ2v) is 9.93. The summed E-state index contributed by atoms with van der Waals surface area (Å²) in [6.07, 6.45) is 13.0. The number of hydrogen-bond acceptors (Lipinski definition) is 4. The summed E-state index contributed by atoms with van der Waals surface area (Å²) in [6, 6.07) is 19.4. The van der Waals surface area contributed by atoms with Gasteiger partial charge in [-0.25, -0.2) is 8.78 Å². The molecule has 3 aromatic carbocycles. The number of carbonyl (C=O) groups is 1. The van der Waals surface area contributed by atoms with E-state index >= 15 is 0 Å². The van der Waals surface area contributed by atoms with Gasteiger partial charge in [-0.1, -0.05) is 75.1 Å². The van der Waals surface area contributed by atoms with Gasteiger partial charge in [-0.3, -0.25) is 4.79 Å². The maximum absolute atomic E-state index is 14.5. The van der Waals surface area contributed by atoms with Crippen LogP contribution in [0.5, 0.6) is 5.75 Å². The first-order chi connectivity index (χ1) is 20.4. The molecule has 3 aromatic rings. The van der Waals surface area contributed by atoms with Crippen molar-refractivity contribution in [3.63, 3.8) is 0 Å². The number of unbranched alkanes of at least 4 members (excludes halogenated alkanes) is 6. The first kappa shape index (κ1) is 32.0. The lowest BCUT2D eigenvalue weighted by molar-refractivity contribution is -0.134. The van der Waals surface area contributed by atoms with Gasteiger partial charge in [0.2, 0.25) is 0 Å². The van der Waals surface area contributed by atoms with Crippen LogP contribution in [-0.4, -0.2) is 12.6 Å². The van der Waals surface area contributed by atoms with Crippen LogP contribution >= 0.6 is 0 Å². The fraction of sp³-hybridized carbons (Fsp3) is 0.278. The molecular weight excluding hydrogens is 532 g/mol. The molecule has 0 heterocycles. The molecule has 0 N–H and O–H groups in total. The molecule has 0 fully saturated rings. The van der Waals surface area contributed by atoms with Gasteiger partial charge in [0.15, 0.2) is 0 Å². The van der Waals surface area contributed by atoms with Crippen LogP contribution in [0.2, 0.25) is 0 Å². The Balaban J connectivity index is 1.22. The van der Waals surface area contributed by atoms with Gasteiger partial charge in [0.05, 0.1) is 18.2 Å². The van der Waals surface area contributed by atoms with Gasteiger partial charge in [0.25, 0.3) is 0 Å². The molecule has 0 aliphatic carbocycles. The molecule has 6 heteroatoms. The Labute approximate surface area is 247 Å². The standard InChI is InChI=1S/C36H37F2NO3/c1-3-29(30-16-13-28(26-39)14-17-30)15-12-27(2)41-24-10-8-6-4-5-7-9-11-36(40)42-33-22-23-34(35(38)25-33)31-18-20-32(37)21-19-31/h3,12-23,25H,2,4-11,24H2,1H3/b15-12-,29-3+. The molecule has 0 saturated carbocycles. The van der Waals surface area contributed by atoms with Crippen molar-refractivity contribution in [2.75, 3.05) is 6.61 Å². The molecule has 3 rings (SSSR count). The first-order valence-corrected chi connectivity index (χ1v) is 14.3. The van der Waals surface area contributed by atoms with Gasteiger partial charge in [0, 0.05) is 18.1 Å². The van der Waals surface area contributed by atoms with Gasteiger partial charge in [-0.05, 0) is 78.9 Å². The van der Waals surface area contributed by atoms with E-state index in [1.165, 1.54) is 36.4 Å². The molecule has 0 saturated heterocycles. The predicted molar refractivity (Wildman–Crippen MR) is 163 cm³/mol. The molecular formula is C36H37F2NO3. The number of hydrogen-bond donors (Lipinski definition) is 0. The van der Waals surface area contributed by atoms with Crippen LogP contribution in [0.4, 0.5) is 8.78 Å². The molecule has 0 aliphatic heterocycles. The van der Waals surface area contributed by atoms with E-state index in [9.17, 15) is 13.6 Å². The minimum absolute atomic E-state index is 0.164. The van der Waals surface area contributed by atoms with Crippen molar-refractivity contribution in [2.24, 2.45) is 0 Å². The zero-order valence-corrected chi connectivity index (χ0v) is 24.1. The van der Waals surface area contributed by atoms with Crippen molar-refractivity contribution in [2.45, 2.75) is 58.3 Å². The number of esters is 1.